The summed E-state index contributed by atoms with van der Waals surface area (Å²) in [6.45, 7) is -0.0569. The van der Waals surface area contributed by atoms with Crippen molar-refractivity contribution in [2.75, 3.05) is 12.3 Å². The predicted molar refractivity (Wildman–Crippen MR) is 94.2 cm³/mol. The third kappa shape index (κ3) is 3.38. The van der Waals surface area contributed by atoms with Crippen molar-refractivity contribution in [2.24, 2.45) is 5.92 Å². The third-order valence-electron chi connectivity index (χ3n) is 5.78. The number of anilines is 1. The standard InChI is InChI=1S/C19H22F3N3O2/c20-19(21,22)27-16-5-14(9-24-17(16)23)13-3-1-2-4-15(11-26)25(10-13)18-6-12(7-18)8-18/h4-5,9-10,12,26H,1-3,6-8,11H2,(H2,23,24)/b13-10+,15-4-. The molecular formula is C19H22F3N3O2. The highest BCUT2D eigenvalue weighted by atomic mass is 19.4. The Hall–Kier alpha value is -2.22. The van der Waals surface area contributed by atoms with Gasteiger partial charge in [-0.25, -0.2) is 4.98 Å². The molecule has 2 heterocycles. The molecule has 3 aliphatic carbocycles. The number of aromatic nitrogens is 1. The molecule has 0 aromatic carbocycles. The molecule has 5 rings (SSSR count). The summed E-state index contributed by atoms with van der Waals surface area (Å²) in [4.78, 5) is 6.03. The van der Waals surface area contributed by atoms with E-state index in [1.165, 1.54) is 12.3 Å². The van der Waals surface area contributed by atoms with Gasteiger partial charge in [-0.3, -0.25) is 0 Å². The first kappa shape index (κ1) is 18.2. The van der Waals surface area contributed by atoms with Crippen LogP contribution in [0.4, 0.5) is 19.0 Å². The smallest absolute Gasteiger partial charge is 0.402 e. The van der Waals surface area contributed by atoms with Crippen LogP contribution in [0.5, 0.6) is 5.75 Å². The number of hydrogen-bond donors (Lipinski definition) is 2. The molecular weight excluding hydrogens is 359 g/mol. The Balaban J connectivity index is 1.69. The van der Waals surface area contributed by atoms with Crippen LogP contribution in [0.15, 0.2) is 30.2 Å². The van der Waals surface area contributed by atoms with Gasteiger partial charge in [0, 0.05) is 29.2 Å². The van der Waals surface area contributed by atoms with Gasteiger partial charge in [-0.15, -0.1) is 13.2 Å². The van der Waals surface area contributed by atoms with Crippen LogP contribution in [-0.2, 0) is 0 Å². The van der Waals surface area contributed by atoms with E-state index in [4.69, 9.17) is 5.73 Å². The van der Waals surface area contributed by atoms with Crippen molar-refractivity contribution in [1.29, 1.82) is 0 Å². The second-order valence-electron chi connectivity index (χ2n) is 7.63. The fraction of sp³-hybridized carbons (Fsp3) is 0.526. The van der Waals surface area contributed by atoms with Crippen molar-refractivity contribution in [3.63, 3.8) is 0 Å². The van der Waals surface area contributed by atoms with E-state index >= 15 is 0 Å². The summed E-state index contributed by atoms with van der Waals surface area (Å²) in [5.41, 5.74) is 7.89. The van der Waals surface area contributed by atoms with Gasteiger partial charge < -0.3 is 20.5 Å². The molecule has 0 saturated heterocycles. The quantitative estimate of drug-likeness (QED) is 0.830. The van der Waals surface area contributed by atoms with Crippen molar-refractivity contribution in [2.45, 2.75) is 50.4 Å². The third-order valence-corrected chi connectivity index (χ3v) is 5.78. The van der Waals surface area contributed by atoms with Crippen LogP contribution in [0.3, 0.4) is 0 Å². The number of ether oxygens (including phenoxy) is 1. The number of aliphatic hydroxyl groups excluding tert-OH is 1. The predicted octanol–water partition coefficient (Wildman–Crippen LogP) is 3.82. The molecule has 1 aliphatic heterocycles. The van der Waals surface area contributed by atoms with E-state index in [0.29, 0.717) is 12.0 Å². The normalized spacial score (nSPS) is 31.4. The van der Waals surface area contributed by atoms with Gasteiger partial charge in [0.05, 0.1) is 6.61 Å². The summed E-state index contributed by atoms with van der Waals surface area (Å²) in [5, 5.41) is 9.83. The van der Waals surface area contributed by atoms with Gasteiger partial charge in [-0.05, 0) is 56.1 Å². The fourth-order valence-electron chi connectivity index (χ4n) is 4.33. The Labute approximate surface area is 155 Å². The highest BCUT2D eigenvalue weighted by Crippen LogP contribution is 2.62. The number of pyridine rings is 1. The van der Waals surface area contributed by atoms with Gasteiger partial charge in [-0.2, -0.15) is 0 Å². The number of rotatable bonds is 4. The van der Waals surface area contributed by atoms with Crippen LogP contribution in [0, 0.1) is 5.92 Å². The van der Waals surface area contributed by atoms with E-state index in [0.717, 1.165) is 49.3 Å². The number of halogens is 3. The number of nitrogens with two attached hydrogens (primary N) is 1. The van der Waals surface area contributed by atoms with Gasteiger partial charge in [0.2, 0.25) is 0 Å². The van der Waals surface area contributed by atoms with Gasteiger partial charge in [0.25, 0.3) is 0 Å². The van der Waals surface area contributed by atoms with Crippen LogP contribution in [0.2, 0.25) is 0 Å². The molecule has 4 aliphatic rings. The van der Waals surface area contributed by atoms with Crippen molar-refractivity contribution in [3.05, 3.63) is 35.8 Å². The molecule has 3 saturated carbocycles. The molecule has 8 heteroatoms. The van der Waals surface area contributed by atoms with Crippen LogP contribution < -0.4 is 10.5 Å². The molecule has 1 aromatic heterocycles. The number of nitrogens with zero attached hydrogens (tertiary/aromatic N) is 2. The number of allylic oxidation sites excluding steroid dienone is 2. The molecule has 0 spiro atoms. The minimum Gasteiger partial charge on any atom is -0.402 e. The molecule has 1 aromatic rings. The molecule has 27 heavy (non-hydrogen) atoms. The van der Waals surface area contributed by atoms with E-state index in [2.05, 4.69) is 20.7 Å². The van der Waals surface area contributed by atoms with E-state index in [-0.39, 0.29) is 18.0 Å². The number of alkyl halides is 3. The summed E-state index contributed by atoms with van der Waals surface area (Å²) >= 11 is 0. The molecule has 0 radical (unpaired) electrons. The summed E-state index contributed by atoms with van der Waals surface area (Å²) in [6.07, 6.45) is 6.30. The van der Waals surface area contributed by atoms with Gasteiger partial charge >= 0.3 is 6.36 Å². The Morgan fingerprint density at radius 2 is 2.07 bits per heavy atom. The molecule has 0 unspecified atom stereocenters. The monoisotopic (exact) mass is 381 g/mol. The zero-order valence-electron chi connectivity index (χ0n) is 14.8. The first-order valence-corrected chi connectivity index (χ1v) is 9.11. The molecule has 0 amide bonds. The lowest BCUT2D eigenvalue weighted by Crippen LogP contribution is -2.66. The van der Waals surface area contributed by atoms with Crippen LogP contribution in [-0.4, -0.2) is 33.5 Å². The van der Waals surface area contributed by atoms with E-state index < -0.39 is 12.1 Å². The van der Waals surface area contributed by atoms with E-state index in [1.54, 1.807) is 0 Å². The summed E-state index contributed by atoms with van der Waals surface area (Å²) in [7, 11) is 0. The van der Waals surface area contributed by atoms with Crippen molar-refractivity contribution in [1.82, 2.24) is 9.88 Å². The van der Waals surface area contributed by atoms with Crippen molar-refractivity contribution < 1.29 is 23.0 Å². The average Bonchev–Trinajstić information content (AvgIpc) is 2.48. The largest absolute Gasteiger partial charge is 0.573 e. The minimum atomic E-state index is -4.82. The van der Waals surface area contributed by atoms with E-state index in [9.17, 15) is 18.3 Å². The molecule has 2 bridgehead atoms. The SMILES string of the molecule is Nc1ncc(/C2=C/N(C34CC(C3)C4)/C(CO)=C\CCC2)cc1OC(F)(F)F. The van der Waals surface area contributed by atoms with Gasteiger partial charge in [0.1, 0.15) is 0 Å². The topological polar surface area (TPSA) is 71.6 Å². The lowest BCUT2D eigenvalue weighted by atomic mass is 9.49. The maximum atomic E-state index is 12.6. The zero-order valence-corrected chi connectivity index (χ0v) is 14.8. The Bertz CT molecular complexity index is 787. The number of nitrogen functional groups attached to an aromatic ring is 1. The molecule has 0 atom stereocenters. The maximum Gasteiger partial charge on any atom is 0.573 e. The Morgan fingerprint density at radius 1 is 1.33 bits per heavy atom. The molecule has 3 N–H and O–H groups in total. The average molecular weight is 381 g/mol. The second-order valence-corrected chi connectivity index (χ2v) is 7.63. The zero-order chi connectivity index (χ0) is 19.2. The van der Waals surface area contributed by atoms with Crippen LogP contribution in [0.25, 0.3) is 5.57 Å². The van der Waals surface area contributed by atoms with Crippen LogP contribution in [0.1, 0.15) is 44.1 Å². The Kier molecular flexibility index (Phi) is 4.33. The molecule has 5 nitrogen and oxygen atoms in total. The second kappa shape index (κ2) is 6.44. The van der Waals surface area contributed by atoms with E-state index in [1.807, 2.05) is 6.20 Å². The summed E-state index contributed by atoms with van der Waals surface area (Å²) in [6, 6.07) is 1.30. The highest BCUT2D eigenvalue weighted by molar-refractivity contribution is 5.68. The maximum absolute atomic E-state index is 12.6. The van der Waals surface area contributed by atoms with Crippen LogP contribution >= 0.6 is 0 Å². The molecule has 3 fully saturated rings. The highest BCUT2D eigenvalue weighted by Gasteiger charge is 2.60. The first-order chi connectivity index (χ1) is 12.8. The lowest BCUT2D eigenvalue weighted by molar-refractivity contribution is -0.274. The van der Waals surface area contributed by atoms with Crippen molar-refractivity contribution >= 4 is 11.4 Å². The fourth-order valence-corrected chi connectivity index (χ4v) is 4.33. The van der Waals surface area contributed by atoms with Crippen molar-refractivity contribution in [3.8, 4) is 5.75 Å². The number of hydrogen-bond acceptors (Lipinski definition) is 5. The minimum absolute atomic E-state index is 0.0500. The summed E-state index contributed by atoms with van der Waals surface area (Å²) < 4.78 is 41.9. The lowest BCUT2D eigenvalue weighted by Gasteiger charge is -2.66. The molecule has 146 valence electrons. The number of aliphatic hydroxyl groups is 1. The Morgan fingerprint density at radius 3 is 2.67 bits per heavy atom. The van der Waals surface area contributed by atoms with Gasteiger partial charge in [-0.1, -0.05) is 6.08 Å². The summed E-state index contributed by atoms with van der Waals surface area (Å²) in [5.74, 6) is -0.0232. The first-order valence-electron chi connectivity index (χ1n) is 9.11. The van der Waals surface area contributed by atoms with Gasteiger partial charge in [0.15, 0.2) is 11.6 Å².